The number of hydrazone groups is 1. The highest BCUT2D eigenvalue weighted by molar-refractivity contribution is 6.04. The van der Waals surface area contributed by atoms with Crippen LogP contribution in [0.15, 0.2) is 65.5 Å². The number of hydrazine groups is 1. The van der Waals surface area contributed by atoms with Gasteiger partial charge in [0.1, 0.15) is 5.82 Å². The largest absolute Gasteiger partial charge is 0.399 e. The SMILES string of the molecule is Nc1ccc(NC2=CC(Nc3ccc(N)cc3)=NN([O])N2)cc1. The van der Waals surface area contributed by atoms with Crippen molar-refractivity contribution in [1.82, 2.24) is 10.7 Å². The number of nitrogens with one attached hydrogen (secondary N) is 3. The average molecular weight is 310 g/mol. The number of nitrogens with zero attached hydrogens (tertiary/aromatic N) is 2. The minimum absolute atomic E-state index is 0.374. The smallest absolute Gasteiger partial charge is 0.158 e. The van der Waals surface area contributed by atoms with Gasteiger partial charge in [-0.3, -0.25) is 0 Å². The van der Waals surface area contributed by atoms with Crippen LogP contribution in [-0.2, 0) is 5.21 Å². The molecule has 8 heteroatoms. The Kier molecular flexibility index (Phi) is 3.89. The summed E-state index contributed by atoms with van der Waals surface area (Å²) in [7, 11) is 0. The normalized spacial score (nSPS) is 13.7. The molecule has 2 aromatic rings. The quantitative estimate of drug-likeness (QED) is 0.550. The number of rotatable bonds is 3. The molecule has 23 heavy (non-hydrogen) atoms. The summed E-state index contributed by atoms with van der Waals surface area (Å²) in [6.07, 6.45) is 1.68. The molecule has 7 N–H and O–H groups in total. The number of nitrogens with two attached hydrogens (primary N) is 2. The Morgan fingerprint density at radius 2 is 1.39 bits per heavy atom. The summed E-state index contributed by atoms with van der Waals surface area (Å²) < 4.78 is 0. The summed E-state index contributed by atoms with van der Waals surface area (Å²) in [5.41, 5.74) is 16.7. The van der Waals surface area contributed by atoms with Crippen molar-refractivity contribution < 1.29 is 5.21 Å². The molecule has 3 rings (SSSR count). The van der Waals surface area contributed by atoms with Crippen molar-refractivity contribution in [2.45, 2.75) is 0 Å². The average Bonchev–Trinajstić information content (AvgIpc) is 2.51. The molecule has 0 spiro atoms. The maximum Gasteiger partial charge on any atom is 0.158 e. The molecule has 0 amide bonds. The molecular weight excluding hydrogens is 294 g/mol. The van der Waals surface area contributed by atoms with Crippen molar-refractivity contribution in [2.24, 2.45) is 5.10 Å². The molecule has 117 valence electrons. The first kappa shape index (κ1) is 14.5. The molecule has 8 nitrogen and oxygen atoms in total. The minimum Gasteiger partial charge on any atom is -0.399 e. The summed E-state index contributed by atoms with van der Waals surface area (Å²) in [6, 6.07) is 14.3. The van der Waals surface area contributed by atoms with Crippen molar-refractivity contribution in [2.75, 3.05) is 22.1 Å². The Labute approximate surface area is 133 Å². The van der Waals surface area contributed by atoms with Gasteiger partial charge < -0.3 is 22.1 Å². The van der Waals surface area contributed by atoms with Crippen LogP contribution in [0.4, 0.5) is 22.7 Å². The van der Waals surface area contributed by atoms with Crippen LogP contribution < -0.4 is 27.5 Å². The van der Waals surface area contributed by atoms with Crippen molar-refractivity contribution in [1.29, 1.82) is 0 Å². The maximum atomic E-state index is 11.6. The lowest BCUT2D eigenvalue weighted by Gasteiger charge is -2.21. The molecule has 1 aliphatic rings. The molecule has 1 radical (unpaired) electrons. The molecule has 2 aromatic carbocycles. The van der Waals surface area contributed by atoms with Crippen molar-refractivity contribution in [3.05, 3.63) is 60.4 Å². The summed E-state index contributed by atoms with van der Waals surface area (Å²) in [6.45, 7) is 0. The first-order valence-corrected chi connectivity index (χ1v) is 6.88. The van der Waals surface area contributed by atoms with Crippen molar-refractivity contribution in [3.8, 4) is 0 Å². The van der Waals surface area contributed by atoms with Gasteiger partial charge in [0, 0.05) is 28.8 Å². The van der Waals surface area contributed by atoms with Gasteiger partial charge in [0.15, 0.2) is 5.84 Å². The number of benzene rings is 2. The number of hydrogen-bond donors (Lipinski definition) is 5. The molecule has 0 fully saturated rings. The minimum atomic E-state index is 0.374. The van der Waals surface area contributed by atoms with E-state index in [0.717, 1.165) is 11.4 Å². The van der Waals surface area contributed by atoms with Crippen LogP contribution in [0, 0.1) is 0 Å². The highest BCUT2D eigenvalue weighted by atomic mass is 16.6. The highest BCUT2D eigenvalue weighted by Gasteiger charge is 2.12. The van der Waals surface area contributed by atoms with E-state index in [4.69, 9.17) is 11.5 Å². The molecule has 0 atom stereocenters. The number of anilines is 4. The Hall–Kier alpha value is -3.39. The van der Waals surface area contributed by atoms with Crippen LogP contribution in [0.5, 0.6) is 0 Å². The third kappa shape index (κ3) is 3.83. The zero-order valence-electron chi connectivity index (χ0n) is 12.2. The third-order valence-corrected chi connectivity index (χ3v) is 3.07. The van der Waals surface area contributed by atoms with Gasteiger partial charge in [-0.15, -0.1) is 5.10 Å². The van der Waals surface area contributed by atoms with E-state index in [1.807, 2.05) is 12.1 Å². The molecule has 0 aromatic heterocycles. The number of amidine groups is 1. The molecule has 0 saturated carbocycles. The van der Waals surface area contributed by atoms with E-state index in [-0.39, 0.29) is 0 Å². The van der Waals surface area contributed by atoms with Crippen LogP contribution in [0.1, 0.15) is 0 Å². The van der Waals surface area contributed by atoms with E-state index in [9.17, 15) is 5.21 Å². The van der Waals surface area contributed by atoms with Gasteiger partial charge in [-0.2, -0.15) is 0 Å². The Bertz CT molecular complexity index is 737. The van der Waals surface area contributed by atoms with E-state index in [2.05, 4.69) is 21.2 Å². The first-order chi connectivity index (χ1) is 11.1. The lowest BCUT2D eigenvalue weighted by Crippen LogP contribution is -2.37. The fourth-order valence-corrected chi connectivity index (χ4v) is 1.99. The molecule has 1 heterocycles. The summed E-state index contributed by atoms with van der Waals surface area (Å²) in [4.78, 5) is 0. The standard InChI is InChI=1S/C15H16N7O/c16-10-1-5-12(6-2-10)18-14-9-15(21-22(23)20-14)19-13-7-3-11(17)4-8-13/h1-9,18,20H,16-17H2,(H,19,21). The Balaban J connectivity index is 1.74. The number of hydrogen-bond acceptors (Lipinski definition) is 7. The molecule has 0 aliphatic carbocycles. The summed E-state index contributed by atoms with van der Waals surface area (Å²) in [5.74, 6) is 0.874. The topological polar surface area (TPSA) is 124 Å². The van der Waals surface area contributed by atoms with Crippen molar-refractivity contribution in [3.63, 3.8) is 0 Å². The Morgan fingerprint density at radius 3 is 1.96 bits per heavy atom. The van der Waals surface area contributed by atoms with Crippen LogP contribution in [-0.4, -0.2) is 11.1 Å². The predicted molar refractivity (Wildman–Crippen MR) is 90.1 cm³/mol. The fourth-order valence-electron chi connectivity index (χ4n) is 1.99. The van der Waals surface area contributed by atoms with Gasteiger partial charge in [0.2, 0.25) is 0 Å². The van der Waals surface area contributed by atoms with E-state index in [1.54, 1.807) is 42.5 Å². The van der Waals surface area contributed by atoms with Gasteiger partial charge >= 0.3 is 0 Å². The van der Waals surface area contributed by atoms with Gasteiger partial charge in [-0.25, -0.2) is 5.43 Å². The second kappa shape index (κ2) is 6.16. The Morgan fingerprint density at radius 1 is 0.870 bits per heavy atom. The van der Waals surface area contributed by atoms with Gasteiger partial charge in [-0.1, -0.05) is 0 Å². The van der Waals surface area contributed by atoms with E-state index >= 15 is 0 Å². The molecule has 0 unspecified atom stereocenters. The first-order valence-electron chi connectivity index (χ1n) is 6.88. The zero-order chi connectivity index (χ0) is 16.2. The molecule has 0 bridgehead atoms. The van der Waals surface area contributed by atoms with Crippen LogP contribution >= 0.6 is 0 Å². The maximum absolute atomic E-state index is 11.6. The summed E-state index contributed by atoms with van der Waals surface area (Å²) >= 11 is 0. The van der Waals surface area contributed by atoms with Crippen LogP contribution in [0.3, 0.4) is 0 Å². The lowest BCUT2D eigenvalue weighted by molar-refractivity contribution is -0.190. The highest BCUT2D eigenvalue weighted by Crippen LogP contribution is 2.15. The van der Waals surface area contributed by atoms with Gasteiger partial charge in [0.05, 0.1) is 0 Å². The second-order valence-electron chi connectivity index (χ2n) is 4.92. The number of nitrogen functional groups attached to an aromatic ring is 2. The van der Waals surface area contributed by atoms with Crippen molar-refractivity contribution >= 4 is 28.6 Å². The van der Waals surface area contributed by atoms with E-state index in [0.29, 0.717) is 28.3 Å². The predicted octanol–water partition coefficient (Wildman–Crippen LogP) is 1.70. The van der Waals surface area contributed by atoms with E-state index < -0.39 is 0 Å². The zero-order valence-corrected chi connectivity index (χ0v) is 12.2. The lowest BCUT2D eigenvalue weighted by atomic mass is 10.2. The molecule has 0 saturated heterocycles. The summed E-state index contributed by atoms with van der Waals surface area (Å²) in [5, 5.41) is 21.9. The van der Waals surface area contributed by atoms with Crippen LogP contribution in [0.25, 0.3) is 0 Å². The molecule has 1 aliphatic heterocycles. The second-order valence-corrected chi connectivity index (χ2v) is 4.92. The molecular formula is C15H16N7O. The van der Waals surface area contributed by atoms with E-state index in [1.165, 1.54) is 0 Å². The fraction of sp³-hybridized carbons (Fsp3) is 0. The monoisotopic (exact) mass is 310 g/mol. The van der Waals surface area contributed by atoms with Gasteiger partial charge in [-0.05, 0) is 59.0 Å². The van der Waals surface area contributed by atoms with Gasteiger partial charge in [0.25, 0.3) is 0 Å². The van der Waals surface area contributed by atoms with Crippen LogP contribution in [0.2, 0.25) is 0 Å². The third-order valence-electron chi connectivity index (χ3n) is 3.07.